The van der Waals surface area contributed by atoms with E-state index in [1.807, 2.05) is 6.07 Å². The fraction of sp³-hybridized carbons (Fsp3) is 0.333. The van der Waals surface area contributed by atoms with Crippen molar-refractivity contribution in [1.82, 2.24) is 0 Å². The Labute approximate surface area is 120 Å². The molecule has 2 nitrogen and oxygen atoms in total. The molecule has 1 aliphatic heterocycles. The average Bonchev–Trinajstić information content (AvgIpc) is 2.47. The Morgan fingerprint density at radius 3 is 2.65 bits per heavy atom. The second kappa shape index (κ2) is 5.58. The van der Waals surface area contributed by atoms with Crippen LogP contribution in [0.3, 0.4) is 0 Å². The number of ether oxygens (including phenoxy) is 1. The number of benzene rings is 2. The number of rotatable bonds is 3. The van der Waals surface area contributed by atoms with E-state index < -0.39 is 0 Å². The third kappa shape index (κ3) is 2.51. The van der Waals surface area contributed by atoms with Gasteiger partial charge in [0.05, 0.1) is 6.10 Å². The maximum absolute atomic E-state index is 5.96. The van der Waals surface area contributed by atoms with Crippen molar-refractivity contribution in [1.29, 1.82) is 0 Å². The van der Waals surface area contributed by atoms with E-state index in [-0.39, 0.29) is 6.10 Å². The van der Waals surface area contributed by atoms with Crippen molar-refractivity contribution in [3.8, 4) is 16.9 Å². The second-order valence-corrected chi connectivity index (χ2v) is 5.53. The van der Waals surface area contributed by atoms with Crippen molar-refractivity contribution in [3.63, 3.8) is 0 Å². The minimum Gasteiger partial charge on any atom is -0.490 e. The molecule has 0 saturated heterocycles. The Morgan fingerprint density at radius 2 is 1.80 bits per heavy atom. The van der Waals surface area contributed by atoms with Gasteiger partial charge in [-0.3, -0.25) is 0 Å². The zero-order chi connectivity index (χ0) is 13.9. The van der Waals surface area contributed by atoms with Gasteiger partial charge in [0.25, 0.3) is 0 Å². The van der Waals surface area contributed by atoms with Crippen LogP contribution >= 0.6 is 0 Å². The third-order valence-electron chi connectivity index (χ3n) is 3.62. The molecule has 1 heterocycles. The highest BCUT2D eigenvalue weighted by atomic mass is 16.5. The first-order valence-electron chi connectivity index (χ1n) is 7.37. The van der Waals surface area contributed by atoms with Crippen LogP contribution in [0.5, 0.6) is 5.75 Å². The predicted molar refractivity (Wildman–Crippen MR) is 84.5 cm³/mol. The Balaban J connectivity index is 2.09. The molecule has 104 valence electrons. The Morgan fingerprint density at radius 1 is 1.00 bits per heavy atom. The molecule has 1 N–H and O–H groups in total. The Bertz CT molecular complexity index is 604. The number of hydrogen-bond donors (Lipinski definition) is 1. The summed E-state index contributed by atoms with van der Waals surface area (Å²) in [6, 6.07) is 14.8. The zero-order valence-electron chi connectivity index (χ0n) is 12.1. The highest BCUT2D eigenvalue weighted by molar-refractivity contribution is 5.84. The molecule has 20 heavy (non-hydrogen) atoms. The topological polar surface area (TPSA) is 21.3 Å². The summed E-state index contributed by atoms with van der Waals surface area (Å²) in [7, 11) is 0. The average molecular weight is 267 g/mol. The van der Waals surface area contributed by atoms with E-state index in [9.17, 15) is 0 Å². The monoisotopic (exact) mass is 267 g/mol. The number of para-hydroxylation sites is 2. The van der Waals surface area contributed by atoms with E-state index in [4.69, 9.17) is 4.74 Å². The lowest BCUT2D eigenvalue weighted by molar-refractivity contribution is 0.243. The van der Waals surface area contributed by atoms with Crippen molar-refractivity contribution in [2.24, 2.45) is 0 Å². The first-order valence-corrected chi connectivity index (χ1v) is 7.37. The lowest BCUT2D eigenvalue weighted by atomic mass is 9.95. The molecular weight excluding hydrogens is 246 g/mol. The van der Waals surface area contributed by atoms with Gasteiger partial charge >= 0.3 is 0 Å². The lowest BCUT2D eigenvalue weighted by Gasteiger charge is -2.23. The van der Waals surface area contributed by atoms with Gasteiger partial charge in [0.2, 0.25) is 0 Å². The summed E-state index contributed by atoms with van der Waals surface area (Å²) in [5.74, 6) is 0.961. The van der Waals surface area contributed by atoms with Crippen molar-refractivity contribution >= 4 is 5.69 Å². The van der Waals surface area contributed by atoms with Gasteiger partial charge in [-0.15, -0.1) is 0 Å². The molecule has 0 bridgehead atoms. The van der Waals surface area contributed by atoms with Crippen LogP contribution in [-0.4, -0.2) is 12.6 Å². The molecule has 0 aromatic heterocycles. The molecule has 1 aliphatic rings. The Kier molecular flexibility index (Phi) is 3.64. The quantitative estimate of drug-likeness (QED) is 0.884. The van der Waals surface area contributed by atoms with Crippen LogP contribution in [0.25, 0.3) is 11.1 Å². The molecule has 2 heteroatoms. The molecule has 0 atom stereocenters. The van der Waals surface area contributed by atoms with Gasteiger partial charge in [-0.1, -0.05) is 36.4 Å². The van der Waals surface area contributed by atoms with E-state index >= 15 is 0 Å². The van der Waals surface area contributed by atoms with Crippen LogP contribution in [0, 0.1) is 0 Å². The van der Waals surface area contributed by atoms with Crippen LogP contribution in [0.2, 0.25) is 0 Å². The summed E-state index contributed by atoms with van der Waals surface area (Å²) in [6.45, 7) is 5.18. The molecule has 0 unspecified atom stereocenters. The molecule has 0 fully saturated rings. The largest absolute Gasteiger partial charge is 0.490 e. The fourth-order valence-corrected chi connectivity index (χ4v) is 2.78. The van der Waals surface area contributed by atoms with Crippen LogP contribution in [-0.2, 0) is 6.42 Å². The van der Waals surface area contributed by atoms with Crippen LogP contribution < -0.4 is 10.1 Å². The first-order chi connectivity index (χ1) is 9.75. The summed E-state index contributed by atoms with van der Waals surface area (Å²) >= 11 is 0. The maximum Gasteiger partial charge on any atom is 0.127 e. The van der Waals surface area contributed by atoms with Crippen molar-refractivity contribution in [3.05, 3.63) is 48.0 Å². The second-order valence-electron chi connectivity index (χ2n) is 5.53. The molecule has 3 rings (SSSR count). The third-order valence-corrected chi connectivity index (χ3v) is 3.62. The van der Waals surface area contributed by atoms with Gasteiger partial charge in [0.1, 0.15) is 5.75 Å². The number of anilines is 1. The fourth-order valence-electron chi connectivity index (χ4n) is 2.78. The first kappa shape index (κ1) is 13.0. The molecule has 0 aliphatic carbocycles. The van der Waals surface area contributed by atoms with Crippen LogP contribution in [0.4, 0.5) is 5.69 Å². The zero-order valence-corrected chi connectivity index (χ0v) is 12.1. The summed E-state index contributed by atoms with van der Waals surface area (Å²) in [5.41, 5.74) is 5.11. The Hall–Kier alpha value is -1.96. The van der Waals surface area contributed by atoms with Crippen molar-refractivity contribution in [2.75, 3.05) is 11.9 Å². The maximum atomic E-state index is 5.96. The molecule has 2 aromatic rings. The van der Waals surface area contributed by atoms with E-state index in [1.54, 1.807) is 0 Å². The predicted octanol–water partition coefficient (Wildman–Crippen LogP) is 4.50. The highest BCUT2D eigenvalue weighted by Gasteiger charge is 2.16. The summed E-state index contributed by atoms with van der Waals surface area (Å²) in [5, 5.41) is 3.55. The van der Waals surface area contributed by atoms with E-state index in [0.29, 0.717) is 0 Å². The molecule has 0 amide bonds. The molecular formula is C18H21NO. The van der Waals surface area contributed by atoms with E-state index in [0.717, 1.165) is 18.7 Å². The van der Waals surface area contributed by atoms with Gasteiger partial charge in [-0.05, 0) is 38.3 Å². The smallest absolute Gasteiger partial charge is 0.127 e. The number of hydrogen-bond acceptors (Lipinski definition) is 2. The number of aryl methyl sites for hydroxylation is 1. The van der Waals surface area contributed by atoms with E-state index in [1.165, 1.54) is 28.8 Å². The van der Waals surface area contributed by atoms with Gasteiger partial charge in [-0.2, -0.15) is 0 Å². The van der Waals surface area contributed by atoms with Gasteiger partial charge < -0.3 is 10.1 Å². The van der Waals surface area contributed by atoms with Gasteiger partial charge in [0.15, 0.2) is 0 Å². The molecule has 2 aromatic carbocycles. The SMILES string of the molecule is CC(C)Oc1ccccc1-c1cccc2c1NCCC2. The van der Waals surface area contributed by atoms with E-state index in [2.05, 4.69) is 55.6 Å². The van der Waals surface area contributed by atoms with Crippen molar-refractivity contribution < 1.29 is 4.74 Å². The van der Waals surface area contributed by atoms with Crippen LogP contribution in [0.15, 0.2) is 42.5 Å². The minimum atomic E-state index is 0.184. The molecule has 0 radical (unpaired) electrons. The number of nitrogens with one attached hydrogen (secondary N) is 1. The van der Waals surface area contributed by atoms with Gasteiger partial charge in [-0.25, -0.2) is 0 Å². The standard InChI is InChI=1S/C18H21NO/c1-13(2)20-17-11-4-3-9-15(17)16-10-5-7-14-8-6-12-19-18(14)16/h3-5,7,9-11,13,19H,6,8,12H2,1-2H3. The van der Waals surface area contributed by atoms with Crippen molar-refractivity contribution in [2.45, 2.75) is 32.8 Å². The normalized spacial score (nSPS) is 13.8. The summed E-state index contributed by atoms with van der Waals surface area (Å²) in [4.78, 5) is 0. The summed E-state index contributed by atoms with van der Waals surface area (Å²) < 4.78 is 5.96. The van der Waals surface area contributed by atoms with Crippen LogP contribution in [0.1, 0.15) is 25.8 Å². The lowest BCUT2D eigenvalue weighted by Crippen LogP contribution is -2.13. The van der Waals surface area contributed by atoms with Gasteiger partial charge in [0, 0.05) is 23.4 Å². The molecule has 0 saturated carbocycles. The molecule has 0 spiro atoms. The minimum absolute atomic E-state index is 0.184. The number of fused-ring (bicyclic) bond motifs is 1. The highest BCUT2D eigenvalue weighted by Crippen LogP contribution is 2.38. The summed E-state index contributed by atoms with van der Waals surface area (Å²) in [6.07, 6.45) is 2.55.